The molecule has 1 heterocycles. The van der Waals surface area contributed by atoms with Gasteiger partial charge in [-0.15, -0.1) is 0 Å². The molecule has 1 saturated heterocycles. The highest BCUT2D eigenvalue weighted by Crippen LogP contribution is 2.26. The molecule has 0 amide bonds. The van der Waals surface area contributed by atoms with E-state index in [9.17, 15) is 5.11 Å². The smallest absolute Gasteiger partial charge is 0.0574 e. The van der Waals surface area contributed by atoms with E-state index in [1.54, 1.807) is 0 Å². The van der Waals surface area contributed by atoms with Gasteiger partial charge in [-0.2, -0.15) is 0 Å². The second kappa shape index (κ2) is 5.04. The third-order valence-corrected chi connectivity index (χ3v) is 3.30. The van der Waals surface area contributed by atoms with Crippen LogP contribution < -0.4 is 10.6 Å². The van der Waals surface area contributed by atoms with Crippen LogP contribution in [-0.4, -0.2) is 24.3 Å². The lowest BCUT2D eigenvalue weighted by Crippen LogP contribution is -2.36. The first kappa shape index (κ1) is 11.7. The van der Waals surface area contributed by atoms with Gasteiger partial charge >= 0.3 is 0 Å². The molecule has 0 bridgehead atoms. The highest BCUT2D eigenvalue weighted by atomic mass is 35.5. The molecule has 2 rings (SSSR count). The van der Waals surface area contributed by atoms with Crippen molar-refractivity contribution < 1.29 is 5.11 Å². The average Bonchev–Trinajstić information content (AvgIpc) is 2.30. The monoisotopic (exact) mass is 240 g/mol. The molecule has 0 saturated carbocycles. The van der Waals surface area contributed by atoms with Gasteiger partial charge in [0.2, 0.25) is 0 Å². The predicted octanol–water partition coefficient (Wildman–Crippen LogP) is 1.76. The molecule has 0 aliphatic carbocycles. The van der Waals surface area contributed by atoms with Gasteiger partial charge in [0.15, 0.2) is 0 Å². The highest BCUT2D eigenvalue weighted by Gasteiger charge is 2.18. The van der Waals surface area contributed by atoms with Crippen LogP contribution in [0, 0.1) is 0 Å². The van der Waals surface area contributed by atoms with Crippen LogP contribution in [0.25, 0.3) is 0 Å². The Labute approximate surface area is 101 Å². The maximum absolute atomic E-state index is 9.47. The van der Waals surface area contributed by atoms with E-state index in [4.69, 9.17) is 17.3 Å². The number of rotatable bonds is 2. The Kier molecular flexibility index (Phi) is 3.69. The van der Waals surface area contributed by atoms with E-state index in [0.717, 1.165) is 42.2 Å². The molecular weight excluding hydrogens is 224 g/mol. The number of nitrogens with zero attached hydrogens (tertiary/aromatic N) is 1. The first-order valence-corrected chi connectivity index (χ1v) is 6.00. The van der Waals surface area contributed by atoms with Crippen LogP contribution in [0.4, 0.5) is 5.69 Å². The maximum atomic E-state index is 9.47. The molecule has 3 N–H and O–H groups in total. The Bertz CT molecular complexity index is 362. The summed E-state index contributed by atoms with van der Waals surface area (Å²) in [5.41, 5.74) is 7.94. The maximum Gasteiger partial charge on any atom is 0.0574 e. The van der Waals surface area contributed by atoms with Gasteiger partial charge in [-0.3, -0.25) is 0 Å². The van der Waals surface area contributed by atoms with Crippen molar-refractivity contribution >= 4 is 17.3 Å². The molecular formula is C12H17ClN2O. The lowest BCUT2D eigenvalue weighted by molar-refractivity contribution is 0.145. The number of aliphatic hydroxyl groups is 1. The lowest BCUT2D eigenvalue weighted by atomic mass is 10.1. The lowest BCUT2D eigenvalue weighted by Gasteiger charge is -2.32. The molecule has 4 heteroatoms. The molecule has 1 aliphatic rings. The van der Waals surface area contributed by atoms with Gasteiger partial charge in [0.05, 0.1) is 6.10 Å². The van der Waals surface area contributed by atoms with Crippen LogP contribution in [0.15, 0.2) is 18.2 Å². The topological polar surface area (TPSA) is 49.5 Å². The Balaban J connectivity index is 2.19. The second-order valence-corrected chi connectivity index (χ2v) is 4.63. The van der Waals surface area contributed by atoms with Gasteiger partial charge in [-0.05, 0) is 36.6 Å². The standard InChI is InChI=1S/C12H17ClN2O/c13-10-1-2-12(9(7-10)8-14)15-5-3-11(16)4-6-15/h1-2,7,11,16H,3-6,8,14H2. The normalized spacial score (nSPS) is 17.8. The summed E-state index contributed by atoms with van der Waals surface area (Å²) in [6.45, 7) is 2.26. The van der Waals surface area contributed by atoms with Crippen LogP contribution in [0.2, 0.25) is 5.02 Å². The minimum absolute atomic E-state index is 0.148. The summed E-state index contributed by atoms with van der Waals surface area (Å²) >= 11 is 5.94. The number of piperidine rings is 1. The highest BCUT2D eigenvalue weighted by molar-refractivity contribution is 6.30. The van der Waals surface area contributed by atoms with E-state index in [0.29, 0.717) is 6.54 Å². The zero-order valence-corrected chi connectivity index (χ0v) is 9.95. The van der Waals surface area contributed by atoms with Gasteiger partial charge in [0.25, 0.3) is 0 Å². The molecule has 16 heavy (non-hydrogen) atoms. The number of hydrogen-bond acceptors (Lipinski definition) is 3. The van der Waals surface area contributed by atoms with Crippen molar-refractivity contribution in [2.45, 2.75) is 25.5 Å². The fraction of sp³-hybridized carbons (Fsp3) is 0.500. The molecule has 1 aromatic rings. The summed E-state index contributed by atoms with van der Waals surface area (Å²) in [4.78, 5) is 2.27. The van der Waals surface area contributed by atoms with E-state index in [-0.39, 0.29) is 6.10 Å². The third-order valence-electron chi connectivity index (χ3n) is 3.07. The zero-order valence-electron chi connectivity index (χ0n) is 9.19. The van der Waals surface area contributed by atoms with Crippen molar-refractivity contribution in [2.24, 2.45) is 5.73 Å². The number of anilines is 1. The summed E-state index contributed by atoms with van der Waals surface area (Å²) in [7, 11) is 0. The second-order valence-electron chi connectivity index (χ2n) is 4.20. The minimum Gasteiger partial charge on any atom is -0.393 e. The van der Waals surface area contributed by atoms with Crippen LogP contribution >= 0.6 is 11.6 Å². The largest absolute Gasteiger partial charge is 0.393 e. The molecule has 0 aromatic heterocycles. The van der Waals surface area contributed by atoms with Gasteiger partial charge in [-0.1, -0.05) is 11.6 Å². The first-order valence-electron chi connectivity index (χ1n) is 5.62. The fourth-order valence-corrected chi connectivity index (χ4v) is 2.33. The zero-order chi connectivity index (χ0) is 11.5. The molecule has 0 atom stereocenters. The number of benzene rings is 1. The molecule has 3 nitrogen and oxygen atoms in total. The van der Waals surface area contributed by atoms with Gasteiger partial charge in [0, 0.05) is 30.3 Å². The number of aliphatic hydroxyl groups excluding tert-OH is 1. The van der Waals surface area contributed by atoms with E-state index in [1.165, 1.54) is 0 Å². The Morgan fingerprint density at radius 1 is 1.38 bits per heavy atom. The Hall–Kier alpha value is -0.770. The third kappa shape index (κ3) is 2.48. The summed E-state index contributed by atoms with van der Waals surface area (Å²) in [6, 6.07) is 5.82. The van der Waals surface area contributed by atoms with Crippen molar-refractivity contribution in [2.75, 3.05) is 18.0 Å². The molecule has 1 aliphatic heterocycles. The summed E-state index contributed by atoms with van der Waals surface area (Å²) < 4.78 is 0. The van der Waals surface area contributed by atoms with E-state index < -0.39 is 0 Å². The van der Waals surface area contributed by atoms with Crippen molar-refractivity contribution in [1.82, 2.24) is 0 Å². The molecule has 0 unspecified atom stereocenters. The van der Waals surface area contributed by atoms with Crippen molar-refractivity contribution in [1.29, 1.82) is 0 Å². The minimum atomic E-state index is -0.148. The van der Waals surface area contributed by atoms with E-state index in [1.807, 2.05) is 18.2 Å². The number of halogens is 1. The average molecular weight is 241 g/mol. The van der Waals surface area contributed by atoms with Crippen molar-refractivity contribution in [3.05, 3.63) is 28.8 Å². The van der Waals surface area contributed by atoms with Crippen LogP contribution in [0.5, 0.6) is 0 Å². The van der Waals surface area contributed by atoms with Gasteiger partial charge in [0.1, 0.15) is 0 Å². The van der Waals surface area contributed by atoms with E-state index in [2.05, 4.69) is 4.90 Å². The summed E-state index contributed by atoms with van der Waals surface area (Å²) in [5, 5.41) is 10.2. The fourth-order valence-electron chi connectivity index (χ4n) is 2.13. The van der Waals surface area contributed by atoms with Crippen LogP contribution in [0.1, 0.15) is 18.4 Å². The molecule has 1 aromatic carbocycles. The number of nitrogens with two attached hydrogens (primary N) is 1. The number of hydrogen-bond donors (Lipinski definition) is 2. The SMILES string of the molecule is NCc1cc(Cl)ccc1N1CCC(O)CC1. The van der Waals surface area contributed by atoms with E-state index >= 15 is 0 Å². The molecule has 0 spiro atoms. The Morgan fingerprint density at radius 2 is 2.06 bits per heavy atom. The Morgan fingerprint density at radius 3 is 2.69 bits per heavy atom. The van der Waals surface area contributed by atoms with Gasteiger partial charge in [-0.25, -0.2) is 0 Å². The van der Waals surface area contributed by atoms with Crippen LogP contribution in [-0.2, 0) is 6.54 Å². The molecule has 0 radical (unpaired) electrons. The molecule has 88 valence electrons. The first-order chi connectivity index (χ1) is 7.70. The van der Waals surface area contributed by atoms with Crippen molar-refractivity contribution in [3.63, 3.8) is 0 Å². The molecule has 1 fully saturated rings. The van der Waals surface area contributed by atoms with Gasteiger partial charge < -0.3 is 15.7 Å². The summed E-state index contributed by atoms with van der Waals surface area (Å²) in [6.07, 6.45) is 1.50. The quantitative estimate of drug-likeness (QED) is 0.828. The van der Waals surface area contributed by atoms with Crippen molar-refractivity contribution in [3.8, 4) is 0 Å². The van der Waals surface area contributed by atoms with Crippen LogP contribution in [0.3, 0.4) is 0 Å². The summed E-state index contributed by atoms with van der Waals surface area (Å²) in [5.74, 6) is 0. The predicted molar refractivity (Wildman–Crippen MR) is 66.8 cm³/mol.